The van der Waals surface area contributed by atoms with E-state index in [0.717, 1.165) is 16.7 Å². The van der Waals surface area contributed by atoms with Crippen LogP contribution in [0, 0.1) is 0 Å². The van der Waals surface area contributed by atoms with Crippen molar-refractivity contribution in [1.29, 1.82) is 0 Å². The molecule has 1 aliphatic rings. The Hall–Kier alpha value is -3.35. The second-order valence-corrected chi connectivity index (χ2v) is 6.81. The number of allylic oxidation sites excluding steroid dienone is 1. The van der Waals surface area contributed by atoms with Crippen LogP contribution in [0.5, 0.6) is 5.75 Å². The first-order valence-corrected chi connectivity index (χ1v) is 9.06. The van der Waals surface area contributed by atoms with Gasteiger partial charge in [0.25, 0.3) is 5.56 Å². The van der Waals surface area contributed by atoms with E-state index in [1.807, 2.05) is 42.5 Å². The second-order valence-electron chi connectivity index (χ2n) is 6.81. The van der Waals surface area contributed by atoms with E-state index in [4.69, 9.17) is 0 Å². The number of halogens is 3. The number of ether oxygens (including phenoxy) is 1. The number of benzene rings is 2. The Bertz CT molecular complexity index is 1090. The van der Waals surface area contributed by atoms with Crippen molar-refractivity contribution >= 4 is 6.08 Å². The average molecular weight is 398 g/mol. The standard InChI is InChI=1S/C22H17F3N2O2/c23-22(24,25)29-19-10-8-16(9-11-19)17-6-7-18-13-26-27(21(28)20(18)12-17)14-15-4-2-1-3-5-15/h1-11,13,17H,12,14H2. The molecule has 3 aromatic rings. The molecule has 4 rings (SSSR count). The zero-order valence-electron chi connectivity index (χ0n) is 15.3. The van der Waals surface area contributed by atoms with E-state index in [2.05, 4.69) is 9.84 Å². The first kappa shape index (κ1) is 19.0. The van der Waals surface area contributed by atoms with Crippen LogP contribution in [0.1, 0.15) is 28.2 Å². The first-order valence-electron chi connectivity index (χ1n) is 9.06. The molecule has 1 aromatic heterocycles. The maximum atomic E-state index is 12.9. The Labute approximate surface area is 164 Å². The van der Waals surface area contributed by atoms with Crippen LogP contribution in [0.25, 0.3) is 6.08 Å². The highest BCUT2D eigenvalue weighted by Gasteiger charge is 2.31. The van der Waals surface area contributed by atoms with Crippen molar-refractivity contribution in [3.05, 3.63) is 99.5 Å². The van der Waals surface area contributed by atoms with E-state index >= 15 is 0 Å². The van der Waals surface area contributed by atoms with Gasteiger partial charge in [0.1, 0.15) is 5.75 Å². The van der Waals surface area contributed by atoms with Crippen LogP contribution in [0.15, 0.2) is 71.7 Å². The van der Waals surface area contributed by atoms with E-state index in [9.17, 15) is 18.0 Å². The van der Waals surface area contributed by atoms with Crippen LogP contribution < -0.4 is 10.3 Å². The predicted octanol–water partition coefficient (Wildman–Crippen LogP) is 4.54. The molecule has 1 aliphatic carbocycles. The van der Waals surface area contributed by atoms with E-state index in [-0.39, 0.29) is 17.2 Å². The fraction of sp³-hybridized carbons (Fsp3) is 0.182. The van der Waals surface area contributed by atoms with Crippen LogP contribution in [0.3, 0.4) is 0 Å². The van der Waals surface area contributed by atoms with Crippen LogP contribution in [0.4, 0.5) is 13.2 Å². The topological polar surface area (TPSA) is 44.1 Å². The van der Waals surface area contributed by atoms with Gasteiger partial charge in [0.05, 0.1) is 12.7 Å². The summed E-state index contributed by atoms with van der Waals surface area (Å²) in [4.78, 5) is 12.9. The minimum Gasteiger partial charge on any atom is -0.406 e. The molecular weight excluding hydrogens is 381 g/mol. The summed E-state index contributed by atoms with van der Waals surface area (Å²) in [5.74, 6) is -0.376. The lowest BCUT2D eigenvalue weighted by Crippen LogP contribution is -2.29. The predicted molar refractivity (Wildman–Crippen MR) is 103 cm³/mol. The minimum absolute atomic E-state index is 0.109. The van der Waals surface area contributed by atoms with Gasteiger partial charge in [-0.3, -0.25) is 4.79 Å². The first-order chi connectivity index (χ1) is 13.9. The number of rotatable bonds is 4. The number of hydrogen-bond donors (Lipinski definition) is 0. The molecule has 0 aliphatic heterocycles. The van der Waals surface area contributed by atoms with Crippen molar-refractivity contribution in [2.24, 2.45) is 0 Å². The lowest BCUT2D eigenvalue weighted by atomic mass is 9.86. The molecule has 0 radical (unpaired) electrons. The van der Waals surface area contributed by atoms with E-state index in [1.165, 1.54) is 16.8 Å². The maximum Gasteiger partial charge on any atom is 0.573 e. The average Bonchev–Trinajstić information content (AvgIpc) is 2.70. The van der Waals surface area contributed by atoms with Gasteiger partial charge in [-0.15, -0.1) is 13.2 Å². The normalized spacial score (nSPS) is 15.8. The van der Waals surface area contributed by atoms with Crippen molar-refractivity contribution in [3.63, 3.8) is 0 Å². The summed E-state index contributed by atoms with van der Waals surface area (Å²) in [6.07, 6.45) is 1.19. The fourth-order valence-electron chi connectivity index (χ4n) is 3.41. The molecule has 7 heteroatoms. The molecule has 0 bridgehead atoms. The summed E-state index contributed by atoms with van der Waals surface area (Å²) in [5, 5.41) is 4.26. The second kappa shape index (κ2) is 7.58. The molecule has 1 heterocycles. The Morgan fingerprint density at radius 1 is 1.07 bits per heavy atom. The van der Waals surface area contributed by atoms with Gasteiger partial charge < -0.3 is 4.74 Å². The van der Waals surface area contributed by atoms with E-state index in [1.54, 1.807) is 18.3 Å². The monoisotopic (exact) mass is 398 g/mol. The molecule has 1 atom stereocenters. The number of fused-ring (bicyclic) bond motifs is 1. The largest absolute Gasteiger partial charge is 0.573 e. The maximum absolute atomic E-state index is 12.9. The third-order valence-electron chi connectivity index (χ3n) is 4.83. The van der Waals surface area contributed by atoms with Gasteiger partial charge in [0, 0.05) is 17.0 Å². The highest BCUT2D eigenvalue weighted by molar-refractivity contribution is 5.57. The van der Waals surface area contributed by atoms with Gasteiger partial charge >= 0.3 is 6.36 Å². The van der Waals surface area contributed by atoms with Gasteiger partial charge in [-0.1, -0.05) is 54.6 Å². The van der Waals surface area contributed by atoms with Crippen molar-refractivity contribution in [1.82, 2.24) is 9.78 Å². The summed E-state index contributed by atoms with van der Waals surface area (Å²) in [5.41, 5.74) is 3.06. The molecule has 148 valence electrons. The lowest BCUT2D eigenvalue weighted by Gasteiger charge is -2.20. The number of alkyl halides is 3. The van der Waals surface area contributed by atoms with Gasteiger partial charge in [-0.2, -0.15) is 5.10 Å². The molecule has 0 spiro atoms. The Kier molecular flexibility index (Phi) is 4.96. The molecule has 29 heavy (non-hydrogen) atoms. The zero-order valence-corrected chi connectivity index (χ0v) is 15.3. The quantitative estimate of drug-likeness (QED) is 0.648. The van der Waals surface area contributed by atoms with Gasteiger partial charge in [-0.25, -0.2) is 4.68 Å². The van der Waals surface area contributed by atoms with E-state index < -0.39 is 6.36 Å². The highest BCUT2D eigenvalue weighted by atomic mass is 19.4. The van der Waals surface area contributed by atoms with Crippen molar-refractivity contribution in [2.75, 3.05) is 0 Å². The van der Waals surface area contributed by atoms with Gasteiger partial charge in [0.15, 0.2) is 0 Å². The Morgan fingerprint density at radius 2 is 1.79 bits per heavy atom. The van der Waals surface area contributed by atoms with Crippen LogP contribution >= 0.6 is 0 Å². The lowest BCUT2D eigenvalue weighted by molar-refractivity contribution is -0.274. The number of aromatic nitrogens is 2. The molecule has 0 saturated heterocycles. The zero-order chi connectivity index (χ0) is 20.4. The highest BCUT2D eigenvalue weighted by Crippen LogP contribution is 2.30. The summed E-state index contributed by atoms with van der Waals surface area (Å²) in [6.45, 7) is 0.380. The molecule has 0 fully saturated rings. The smallest absolute Gasteiger partial charge is 0.406 e. The molecule has 0 saturated carbocycles. The summed E-state index contributed by atoms with van der Waals surface area (Å²) in [7, 11) is 0. The Balaban J connectivity index is 1.56. The minimum atomic E-state index is -4.72. The number of nitrogens with zero attached hydrogens (tertiary/aromatic N) is 2. The summed E-state index contributed by atoms with van der Waals surface area (Å²) in [6, 6.07) is 15.3. The van der Waals surface area contributed by atoms with Crippen LogP contribution in [-0.4, -0.2) is 16.1 Å². The SMILES string of the molecule is O=c1c2c(cnn1Cc1ccccc1)C=CC(c1ccc(OC(F)(F)F)cc1)C2. The number of hydrogen-bond acceptors (Lipinski definition) is 3. The van der Waals surface area contributed by atoms with Crippen LogP contribution in [-0.2, 0) is 13.0 Å². The molecular formula is C22H17F3N2O2. The van der Waals surface area contributed by atoms with Crippen molar-refractivity contribution in [3.8, 4) is 5.75 Å². The third-order valence-corrected chi connectivity index (χ3v) is 4.83. The fourth-order valence-corrected chi connectivity index (χ4v) is 3.41. The molecule has 1 unspecified atom stereocenters. The molecule has 0 amide bonds. The molecule has 2 aromatic carbocycles. The molecule has 4 nitrogen and oxygen atoms in total. The van der Waals surface area contributed by atoms with E-state index in [0.29, 0.717) is 18.5 Å². The summed E-state index contributed by atoms with van der Waals surface area (Å²) >= 11 is 0. The molecule has 0 N–H and O–H groups in total. The van der Waals surface area contributed by atoms with Crippen LogP contribution in [0.2, 0.25) is 0 Å². The third kappa shape index (κ3) is 4.39. The van der Waals surface area contributed by atoms with Crippen molar-refractivity contribution < 1.29 is 17.9 Å². The van der Waals surface area contributed by atoms with Gasteiger partial charge in [0.2, 0.25) is 0 Å². The van der Waals surface area contributed by atoms with Gasteiger partial charge in [-0.05, 0) is 29.7 Å². The summed E-state index contributed by atoms with van der Waals surface area (Å²) < 4.78 is 42.3. The Morgan fingerprint density at radius 3 is 2.48 bits per heavy atom. The van der Waals surface area contributed by atoms with Crippen molar-refractivity contribution in [2.45, 2.75) is 25.2 Å².